The first-order valence-corrected chi connectivity index (χ1v) is 18.5. The molecule has 12 aromatic rings. The molecule has 0 radical (unpaired) electrons. The minimum Gasteiger partial charge on any atom is -0.456 e. The van der Waals surface area contributed by atoms with Crippen molar-refractivity contribution >= 4 is 87.5 Å². The maximum absolute atomic E-state index is 10.9. The van der Waals surface area contributed by atoms with Crippen LogP contribution in [0.5, 0.6) is 0 Å². The Balaban J connectivity index is 1.22. The number of nitriles is 2. The average Bonchev–Trinajstić information content (AvgIpc) is 3.98. The molecule has 258 valence electrons. The van der Waals surface area contributed by atoms with E-state index >= 15 is 0 Å². The van der Waals surface area contributed by atoms with Crippen molar-refractivity contribution in [2.45, 2.75) is 0 Å². The van der Waals surface area contributed by atoms with Crippen molar-refractivity contribution < 1.29 is 8.83 Å². The number of benzene rings is 8. The molecule has 56 heavy (non-hydrogen) atoms. The summed E-state index contributed by atoms with van der Waals surface area (Å²) in [5, 5.41) is 30.0. The zero-order chi connectivity index (χ0) is 37.1. The minimum absolute atomic E-state index is 0.518. The van der Waals surface area contributed by atoms with Crippen LogP contribution >= 0.6 is 0 Å². The maximum Gasteiger partial charge on any atom is 0.136 e. The molecule has 0 spiro atoms. The Morgan fingerprint density at radius 1 is 0.339 bits per heavy atom. The molecule has 0 fully saturated rings. The molecule has 0 N–H and O–H groups in total. The van der Waals surface area contributed by atoms with Crippen LogP contribution in [0.1, 0.15) is 11.1 Å². The van der Waals surface area contributed by atoms with E-state index in [-0.39, 0.29) is 0 Å². The van der Waals surface area contributed by atoms with Gasteiger partial charge >= 0.3 is 0 Å². The van der Waals surface area contributed by atoms with Gasteiger partial charge in [0.2, 0.25) is 0 Å². The SMILES string of the molecule is N#Cc1cccc(-c2cccc(C#N)c2-n2c3ccccc3c3cc4oc5ccccc5c4cc32)c1-n1c2ccccc2c2cc3oc4ccccc4c3cc21. The van der Waals surface area contributed by atoms with E-state index in [0.717, 1.165) is 110 Å². The molecular formula is C50H26N4O2. The van der Waals surface area contributed by atoms with Gasteiger partial charge in [-0.2, -0.15) is 10.5 Å². The Labute approximate surface area is 318 Å². The largest absolute Gasteiger partial charge is 0.456 e. The quantitative estimate of drug-likeness (QED) is 0.182. The van der Waals surface area contributed by atoms with Crippen molar-refractivity contribution in [1.29, 1.82) is 10.5 Å². The van der Waals surface area contributed by atoms with Gasteiger partial charge in [0, 0.05) is 54.2 Å². The van der Waals surface area contributed by atoms with Gasteiger partial charge in [-0.05, 0) is 60.7 Å². The third-order valence-electron chi connectivity index (χ3n) is 11.4. The van der Waals surface area contributed by atoms with Crippen LogP contribution in [0.25, 0.3) is 110 Å². The van der Waals surface area contributed by atoms with Gasteiger partial charge in [-0.3, -0.25) is 0 Å². The number of rotatable bonds is 3. The summed E-state index contributed by atoms with van der Waals surface area (Å²) in [6.07, 6.45) is 0. The van der Waals surface area contributed by atoms with E-state index in [9.17, 15) is 10.5 Å². The van der Waals surface area contributed by atoms with Crippen molar-refractivity contribution in [3.8, 4) is 34.6 Å². The number of hydrogen-bond acceptors (Lipinski definition) is 4. The summed E-state index contributed by atoms with van der Waals surface area (Å²) < 4.78 is 17.2. The predicted octanol–water partition coefficient (Wildman–Crippen LogP) is 13.1. The molecule has 0 bridgehead atoms. The lowest BCUT2D eigenvalue weighted by atomic mass is 9.95. The topological polar surface area (TPSA) is 83.7 Å². The fourth-order valence-electron chi connectivity index (χ4n) is 9.04. The van der Waals surface area contributed by atoms with Gasteiger partial charge in [-0.25, -0.2) is 0 Å². The molecule has 0 amide bonds. The van der Waals surface area contributed by atoms with Crippen molar-refractivity contribution in [1.82, 2.24) is 9.13 Å². The summed E-state index contributed by atoms with van der Waals surface area (Å²) in [7, 11) is 0. The number of aromatic nitrogens is 2. The molecule has 4 aromatic heterocycles. The van der Waals surface area contributed by atoms with Crippen LogP contribution in [0.15, 0.2) is 167 Å². The number of furan rings is 2. The van der Waals surface area contributed by atoms with Crippen molar-refractivity contribution in [3.05, 3.63) is 169 Å². The first kappa shape index (κ1) is 30.4. The normalized spacial score (nSPS) is 11.9. The van der Waals surface area contributed by atoms with E-state index in [1.54, 1.807) is 0 Å². The number of hydrogen-bond donors (Lipinski definition) is 0. The molecule has 0 saturated heterocycles. The second-order valence-corrected chi connectivity index (χ2v) is 14.3. The highest BCUT2D eigenvalue weighted by molar-refractivity contribution is 6.19. The van der Waals surface area contributed by atoms with Crippen LogP contribution in [0, 0.1) is 22.7 Å². The highest BCUT2D eigenvalue weighted by atomic mass is 16.3. The van der Waals surface area contributed by atoms with E-state index in [0.29, 0.717) is 11.1 Å². The van der Waals surface area contributed by atoms with Crippen molar-refractivity contribution in [2.75, 3.05) is 0 Å². The van der Waals surface area contributed by atoms with Crippen LogP contribution in [0.4, 0.5) is 0 Å². The molecule has 0 aliphatic rings. The number of nitrogens with zero attached hydrogens (tertiary/aromatic N) is 4. The third kappa shape index (κ3) is 4.02. The predicted molar refractivity (Wildman–Crippen MR) is 225 cm³/mol. The number of fused-ring (bicyclic) bond motifs is 12. The molecule has 0 aliphatic carbocycles. The van der Waals surface area contributed by atoms with Crippen LogP contribution < -0.4 is 0 Å². The maximum atomic E-state index is 10.9. The molecule has 0 saturated carbocycles. The van der Waals surface area contributed by atoms with Gasteiger partial charge in [-0.1, -0.05) is 97.1 Å². The summed E-state index contributed by atoms with van der Waals surface area (Å²) >= 11 is 0. The zero-order valence-electron chi connectivity index (χ0n) is 29.6. The van der Waals surface area contributed by atoms with Gasteiger partial charge in [0.1, 0.15) is 34.5 Å². The zero-order valence-corrected chi connectivity index (χ0v) is 29.6. The molecule has 0 aliphatic heterocycles. The third-order valence-corrected chi connectivity index (χ3v) is 11.4. The van der Waals surface area contributed by atoms with Gasteiger partial charge < -0.3 is 18.0 Å². The highest BCUT2D eigenvalue weighted by Crippen LogP contribution is 2.45. The molecular weight excluding hydrogens is 689 g/mol. The first-order valence-electron chi connectivity index (χ1n) is 18.5. The van der Waals surface area contributed by atoms with Gasteiger partial charge in [0.15, 0.2) is 0 Å². The van der Waals surface area contributed by atoms with E-state index < -0.39 is 0 Å². The Hall–Kier alpha value is -8.06. The summed E-state index contributed by atoms with van der Waals surface area (Å²) in [5.41, 5.74) is 11.3. The Morgan fingerprint density at radius 2 is 0.750 bits per heavy atom. The van der Waals surface area contributed by atoms with E-state index in [1.807, 2.05) is 84.9 Å². The van der Waals surface area contributed by atoms with E-state index in [2.05, 4.69) is 94.1 Å². The van der Waals surface area contributed by atoms with Crippen LogP contribution in [0.2, 0.25) is 0 Å². The molecule has 6 heteroatoms. The van der Waals surface area contributed by atoms with E-state index in [1.165, 1.54) is 0 Å². The second-order valence-electron chi connectivity index (χ2n) is 14.3. The first-order chi connectivity index (χ1) is 27.7. The van der Waals surface area contributed by atoms with Crippen molar-refractivity contribution in [3.63, 3.8) is 0 Å². The minimum atomic E-state index is 0.518. The summed E-state index contributed by atoms with van der Waals surface area (Å²) in [6, 6.07) is 58.2. The lowest BCUT2D eigenvalue weighted by molar-refractivity contribution is 0.669. The van der Waals surface area contributed by atoms with E-state index in [4.69, 9.17) is 8.83 Å². The fourth-order valence-corrected chi connectivity index (χ4v) is 9.04. The molecule has 0 atom stereocenters. The van der Waals surface area contributed by atoms with Crippen LogP contribution in [-0.4, -0.2) is 9.13 Å². The van der Waals surface area contributed by atoms with Crippen molar-refractivity contribution in [2.24, 2.45) is 0 Å². The molecule has 8 aromatic carbocycles. The Morgan fingerprint density at radius 3 is 1.20 bits per heavy atom. The highest BCUT2D eigenvalue weighted by Gasteiger charge is 2.25. The van der Waals surface area contributed by atoms with Gasteiger partial charge in [0.05, 0.1) is 44.6 Å². The molecule has 0 unspecified atom stereocenters. The molecule has 4 heterocycles. The van der Waals surface area contributed by atoms with Crippen LogP contribution in [-0.2, 0) is 0 Å². The Kier molecular flexibility index (Phi) is 6.10. The second kappa shape index (κ2) is 11.2. The summed E-state index contributed by atoms with van der Waals surface area (Å²) in [5.74, 6) is 0. The van der Waals surface area contributed by atoms with Gasteiger partial charge in [0.25, 0.3) is 0 Å². The lowest BCUT2D eigenvalue weighted by Gasteiger charge is -2.20. The molecule has 12 rings (SSSR count). The average molecular weight is 715 g/mol. The fraction of sp³-hybridized carbons (Fsp3) is 0. The monoisotopic (exact) mass is 714 g/mol. The molecule has 6 nitrogen and oxygen atoms in total. The number of para-hydroxylation sites is 6. The summed E-state index contributed by atoms with van der Waals surface area (Å²) in [6.45, 7) is 0. The smallest absolute Gasteiger partial charge is 0.136 e. The summed E-state index contributed by atoms with van der Waals surface area (Å²) in [4.78, 5) is 0. The van der Waals surface area contributed by atoms with Crippen LogP contribution in [0.3, 0.4) is 0 Å². The van der Waals surface area contributed by atoms with Gasteiger partial charge in [-0.15, -0.1) is 0 Å². The lowest BCUT2D eigenvalue weighted by Crippen LogP contribution is -2.05. The Bertz CT molecular complexity index is 3500. The standard InChI is InChI=1S/C50H26N4O2/c51-27-29-11-9-17-35(49(29)53-41-19-5-1-13-31(41)37-25-47-39(23-43(37)53)33-15-3-7-21-45(33)55-47)36-18-10-12-30(28-52)50(36)54-42-20-6-2-14-32(42)38-26-48-40(24-44(38)54)34-16-4-8-22-46(34)56-48/h1-26H.